The third-order valence-corrected chi connectivity index (χ3v) is 3.21. The highest BCUT2D eigenvalue weighted by Crippen LogP contribution is 2.22. The maximum atomic E-state index is 12.3. The van der Waals surface area contributed by atoms with Gasteiger partial charge in [-0.1, -0.05) is 6.92 Å². The van der Waals surface area contributed by atoms with E-state index in [-0.39, 0.29) is 11.9 Å². The number of ether oxygens (including phenoxy) is 1. The van der Waals surface area contributed by atoms with E-state index in [0.717, 1.165) is 31.6 Å². The second-order valence-corrected chi connectivity index (χ2v) is 4.53. The van der Waals surface area contributed by atoms with Crippen LogP contribution in [-0.2, 0) is 4.79 Å². The first-order chi connectivity index (χ1) is 9.26. The minimum atomic E-state index is -0.0645. The van der Waals surface area contributed by atoms with Gasteiger partial charge in [0.15, 0.2) is 0 Å². The monoisotopic (exact) mass is 263 g/mol. The normalized spacial score (nSPS) is 19.6. The zero-order valence-corrected chi connectivity index (χ0v) is 11.6. The first-order valence-electron chi connectivity index (χ1n) is 6.89. The molecule has 1 fully saturated rings. The largest absolute Gasteiger partial charge is 0.478 e. The van der Waals surface area contributed by atoms with Crippen molar-refractivity contribution in [1.29, 1.82) is 0 Å². The molecule has 1 amide bonds. The Morgan fingerprint density at radius 1 is 1.47 bits per heavy atom. The van der Waals surface area contributed by atoms with Gasteiger partial charge in [0, 0.05) is 12.6 Å². The summed E-state index contributed by atoms with van der Waals surface area (Å²) in [5, 5.41) is 3.23. The molecule has 5 nitrogen and oxygen atoms in total. The molecule has 5 heteroatoms. The SMILES string of the molecule is CCNC1CCCN(c2ccc(OCC)nc2)C1=O. The molecule has 0 saturated carbocycles. The van der Waals surface area contributed by atoms with Crippen LogP contribution in [0.5, 0.6) is 5.88 Å². The Kier molecular flexibility index (Phi) is 4.74. The summed E-state index contributed by atoms with van der Waals surface area (Å²) < 4.78 is 5.31. The Bertz CT molecular complexity index is 417. The molecule has 1 unspecified atom stereocenters. The third kappa shape index (κ3) is 3.23. The molecule has 1 aromatic heterocycles. The van der Waals surface area contributed by atoms with Gasteiger partial charge in [0.25, 0.3) is 0 Å². The molecule has 19 heavy (non-hydrogen) atoms. The number of piperidine rings is 1. The minimum Gasteiger partial charge on any atom is -0.478 e. The first-order valence-corrected chi connectivity index (χ1v) is 6.89. The number of pyridine rings is 1. The maximum Gasteiger partial charge on any atom is 0.244 e. The third-order valence-electron chi connectivity index (χ3n) is 3.21. The van der Waals surface area contributed by atoms with Crippen molar-refractivity contribution in [3.05, 3.63) is 18.3 Å². The van der Waals surface area contributed by atoms with Crippen LogP contribution in [0.15, 0.2) is 18.3 Å². The van der Waals surface area contributed by atoms with Gasteiger partial charge in [-0.25, -0.2) is 4.98 Å². The number of hydrogen-bond acceptors (Lipinski definition) is 4. The maximum absolute atomic E-state index is 12.3. The van der Waals surface area contributed by atoms with E-state index in [2.05, 4.69) is 10.3 Å². The molecule has 1 atom stereocenters. The lowest BCUT2D eigenvalue weighted by atomic mass is 10.0. The molecular weight excluding hydrogens is 242 g/mol. The highest BCUT2D eigenvalue weighted by atomic mass is 16.5. The lowest BCUT2D eigenvalue weighted by molar-refractivity contribution is -0.121. The molecule has 1 N–H and O–H groups in total. The number of anilines is 1. The van der Waals surface area contributed by atoms with Crippen molar-refractivity contribution in [2.45, 2.75) is 32.7 Å². The van der Waals surface area contributed by atoms with E-state index in [1.54, 1.807) is 11.1 Å². The molecule has 1 aromatic rings. The van der Waals surface area contributed by atoms with Crippen LogP contribution in [-0.4, -0.2) is 36.6 Å². The molecule has 0 aliphatic carbocycles. The van der Waals surface area contributed by atoms with Gasteiger partial charge in [0.05, 0.1) is 24.5 Å². The summed E-state index contributed by atoms with van der Waals surface area (Å²) in [4.78, 5) is 18.3. The molecule has 1 saturated heterocycles. The Morgan fingerprint density at radius 3 is 2.95 bits per heavy atom. The Labute approximate surface area is 114 Å². The zero-order chi connectivity index (χ0) is 13.7. The number of hydrogen-bond donors (Lipinski definition) is 1. The molecular formula is C14H21N3O2. The topological polar surface area (TPSA) is 54.5 Å². The van der Waals surface area contributed by atoms with Gasteiger partial charge in [-0.3, -0.25) is 4.79 Å². The average Bonchev–Trinajstić information content (AvgIpc) is 2.43. The molecule has 0 bridgehead atoms. The summed E-state index contributed by atoms with van der Waals surface area (Å²) in [5.41, 5.74) is 0.844. The smallest absolute Gasteiger partial charge is 0.244 e. The molecule has 1 aliphatic rings. The summed E-state index contributed by atoms with van der Waals surface area (Å²) >= 11 is 0. The van der Waals surface area contributed by atoms with Crippen molar-refractivity contribution in [3.63, 3.8) is 0 Å². The number of carbonyl (C=O) groups is 1. The summed E-state index contributed by atoms with van der Waals surface area (Å²) in [7, 11) is 0. The molecule has 104 valence electrons. The van der Waals surface area contributed by atoms with Gasteiger partial charge in [0.2, 0.25) is 11.8 Å². The Balaban J connectivity index is 2.09. The summed E-state index contributed by atoms with van der Waals surface area (Å²) in [5.74, 6) is 0.734. The van der Waals surface area contributed by atoms with Crippen LogP contribution in [0.2, 0.25) is 0 Å². The number of aromatic nitrogens is 1. The minimum absolute atomic E-state index is 0.0645. The van der Waals surface area contributed by atoms with E-state index >= 15 is 0 Å². The van der Waals surface area contributed by atoms with Crippen LogP contribution >= 0.6 is 0 Å². The highest BCUT2D eigenvalue weighted by molar-refractivity contribution is 5.97. The fraction of sp³-hybridized carbons (Fsp3) is 0.571. The van der Waals surface area contributed by atoms with Crippen molar-refractivity contribution in [2.24, 2.45) is 0 Å². The quantitative estimate of drug-likeness (QED) is 0.876. The van der Waals surface area contributed by atoms with Crippen molar-refractivity contribution in [2.75, 3.05) is 24.6 Å². The van der Waals surface area contributed by atoms with Crippen LogP contribution < -0.4 is 15.0 Å². The average molecular weight is 263 g/mol. The van der Waals surface area contributed by atoms with Crippen LogP contribution in [0, 0.1) is 0 Å². The second kappa shape index (κ2) is 6.52. The zero-order valence-electron chi connectivity index (χ0n) is 11.6. The molecule has 1 aliphatic heterocycles. The first kappa shape index (κ1) is 13.8. The van der Waals surface area contributed by atoms with Gasteiger partial charge in [-0.2, -0.15) is 0 Å². The van der Waals surface area contributed by atoms with Gasteiger partial charge >= 0.3 is 0 Å². The van der Waals surface area contributed by atoms with Crippen LogP contribution in [0.1, 0.15) is 26.7 Å². The second-order valence-electron chi connectivity index (χ2n) is 4.53. The summed E-state index contributed by atoms with van der Waals surface area (Å²) in [6, 6.07) is 3.64. The van der Waals surface area contributed by atoms with Crippen molar-refractivity contribution >= 4 is 11.6 Å². The molecule has 0 radical (unpaired) electrons. The lowest BCUT2D eigenvalue weighted by Crippen LogP contribution is -2.50. The number of rotatable bonds is 5. The van der Waals surface area contributed by atoms with Crippen LogP contribution in [0.3, 0.4) is 0 Å². The van der Waals surface area contributed by atoms with Gasteiger partial charge in [-0.15, -0.1) is 0 Å². The van der Waals surface area contributed by atoms with E-state index in [1.165, 1.54) is 0 Å². The van der Waals surface area contributed by atoms with Crippen LogP contribution in [0.4, 0.5) is 5.69 Å². The predicted molar refractivity (Wildman–Crippen MR) is 74.5 cm³/mol. The molecule has 2 heterocycles. The van der Waals surface area contributed by atoms with Gasteiger partial charge in [0.1, 0.15) is 0 Å². The lowest BCUT2D eigenvalue weighted by Gasteiger charge is -2.32. The number of likely N-dealkylation sites (N-methyl/N-ethyl adjacent to an activating group) is 1. The highest BCUT2D eigenvalue weighted by Gasteiger charge is 2.28. The van der Waals surface area contributed by atoms with E-state index in [4.69, 9.17) is 4.74 Å². The van der Waals surface area contributed by atoms with Gasteiger partial charge in [-0.05, 0) is 32.4 Å². The standard InChI is InChI=1S/C14H21N3O2/c1-3-15-12-6-5-9-17(14(12)18)11-7-8-13(16-10-11)19-4-2/h7-8,10,12,15H,3-6,9H2,1-2H3. The number of nitrogens with one attached hydrogen (secondary N) is 1. The fourth-order valence-corrected chi connectivity index (χ4v) is 2.33. The number of nitrogens with zero attached hydrogens (tertiary/aromatic N) is 2. The van der Waals surface area contributed by atoms with E-state index in [9.17, 15) is 4.79 Å². The fourth-order valence-electron chi connectivity index (χ4n) is 2.33. The molecule has 0 spiro atoms. The van der Waals surface area contributed by atoms with Crippen LogP contribution in [0.25, 0.3) is 0 Å². The van der Waals surface area contributed by atoms with Crippen molar-refractivity contribution in [1.82, 2.24) is 10.3 Å². The summed E-state index contributed by atoms with van der Waals surface area (Å²) in [6.45, 7) is 6.11. The van der Waals surface area contributed by atoms with E-state index in [0.29, 0.717) is 12.5 Å². The predicted octanol–water partition coefficient (Wildman–Crippen LogP) is 1.59. The summed E-state index contributed by atoms with van der Waals surface area (Å²) in [6.07, 6.45) is 3.63. The number of carbonyl (C=O) groups excluding carboxylic acids is 1. The van der Waals surface area contributed by atoms with E-state index in [1.807, 2.05) is 26.0 Å². The van der Waals surface area contributed by atoms with Crippen molar-refractivity contribution < 1.29 is 9.53 Å². The number of amides is 1. The molecule has 0 aromatic carbocycles. The Morgan fingerprint density at radius 2 is 2.32 bits per heavy atom. The van der Waals surface area contributed by atoms with Crippen molar-refractivity contribution in [3.8, 4) is 5.88 Å². The Hall–Kier alpha value is -1.62. The van der Waals surface area contributed by atoms with E-state index < -0.39 is 0 Å². The van der Waals surface area contributed by atoms with Gasteiger partial charge < -0.3 is 15.0 Å². The molecule has 2 rings (SSSR count).